The van der Waals surface area contributed by atoms with Crippen molar-refractivity contribution in [3.8, 4) is 0 Å². The predicted octanol–water partition coefficient (Wildman–Crippen LogP) is 2.22. The Bertz CT molecular complexity index is 609. The number of aryl methyl sites for hydroxylation is 1. The van der Waals surface area contributed by atoms with Crippen LogP contribution in [0.3, 0.4) is 0 Å². The molecule has 0 atom stereocenters. The molecule has 0 saturated heterocycles. The number of carbonyl (C=O) groups is 1. The van der Waals surface area contributed by atoms with Crippen LogP contribution in [0.4, 0.5) is 14.5 Å². The molecule has 0 radical (unpaired) electrons. The summed E-state index contributed by atoms with van der Waals surface area (Å²) in [6.45, 7) is 1.64. The van der Waals surface area contributed by atoms with E-state index in [0.29, 0.717) is 15.8 Å². The molecular weight excluding hydrogens is 248 g/mol. The standard InChI is InChI=1S/C10H9F2N3OS/c1-3-2-4(8(11)12)15-10-5(3)6(13)7(17-10)9(14)16/h2,8H,13H2,1H3,(H2,14,16). The van der Waals surface area contributed by atoms with Gasteiger partial charge in [0.25, 0.3) is 12.3 Å². The van der Waals surface area contributed by atoms with Crippen molar-refractivity contribution in [2.75, 3.05) is 5.73 Å². The maximum Gasteiger partial charge on any atom is 0.280 e. The molecule has 0 aliphatic heterocycles. The summed E-state index contributed by atoms with van der Waals surface area (Å²) in [6, 6.07) is 1.26. The van der Waals surface area contributed by atoms with Crippen LogP contribution in [0.25, 0.3) is 10.2 Å². The van der Waals surface area contributed by atoms with Crippen LogP contribution in [-0.4, -0.2) is 10.9 Å². The molecule has 17 heavy (non-hydrogen) atoms. The van der Waals surface area contributed by atoms with Gasteiger partial charge in [-0.25, -0.2) is 13.8 Å². The summed E-state index contributed by atoms with van der Waals surface area (Å²) in [6.07, 6.45) is -2.65. The summed E-state index contributed by atoms with van der Waals surface area (Å²) >= 11 is 0.934. The van der Waals surface area contributed by atoms with Gasteiger partial charge in [-0.3, -0.25) is 4.79 Å². The fourth-order valence-corrected chi connectivity index (χ4v) is 2.66. The molecule has 90 valence electrons. The Balaban J connectivity index is 2.78. The van der Waals surface area contributed by atoms with Gasteiger partial charge in [-0.2, -0.15) is 0 Å². The van der Waals surface area contributed by atoms with Crippen LogP contribution in [-0.2, 0) is 0 Å². The topological polar surface area (TPSA) is 82.0 Å². The second kappa shape index (κ2) is 3.92. The molecule has 0 spiro atoms. The van der Waals surface area contributed by atoms with Crippen molar-refractivity contribution in [1.29, 1.82) is 0 Å². The van der Waals surface area contributed by atoms with E-state index in [0.717, 1.165) is 11.3 Å². The Kier molecular flexibility index (Phi) is 2.70. The Hall–Kier alpha value is -1.76. The van der Waals surface area contributed by atoms with Crippen LogP contribution in [0.5, 0.6) is 0 Å². The Morgan fingerprint density at radius 3 is 2.71 bits per heavy atom. The third-order valence-corrected chi connectivity index (χ3v) is 3.48. The average molecular weight is 257 g/mol. The van der Waals surface area contributed by atoms with Gasteiger partial charge in [0.2, 0.25) is 0 Å². The minimum Gasteiger partial charge on any atom is -0.397 e. The SMILES string of the molecule is Cc1cc(C(F)F)nc2sc(C(N)=O)c(N)c12. The Morgan fingerprint density at radius 2 is 2.18 bits per heavy atom. The Morgan fingerprint density at radius 1 is 1.53 bits per heavy atom. The zero-order valence-corrected chi connectivity index (χ0v) is 9.65. The highest BCUT2D eigenvalue weighted by Gasteiger charge is 2.19. The first-order valence-corrected chi connectivity index (χ1v) is 5.51. The van der Waals surface area contributed by atoms with Gasteiger partial charge in [0.15, 0.2) is 0 Å². The molecule has 2 aromatic heterocycles. The summed E-state index contributed by atoms with van der Waals surface area (Å²) in [5.41, 5.74) is 11.3. The second-order valence-corrected chi connectivity index (χ2v) is 4.55. The number of alkyl halides is 2. The van der Waals surface area contributed by atoms with E-state index >= 15 is 0 Å². The van der Waals surface area contributed by atoms with Crippen LogP contribution in [0, 0.1) is 6.92 Å². The van der Waals surface area contributed by atoms with Crippen molar-refractivity contribution in [2.24, 2.45) is 5.73 Å². The van der Waals surface area contributed by atoms with Crippen molar-refractivity contribution >= 4 is 33.1 Å². The number of hydrogen-bond acceptors (Lipinski definition) is 4. The molecule has 0 bridgehead atoms. The first-order chi connectivity index (χ1) is 7.91. The molecule has 2 rings (SSSR count). The first kappa shape index (κ1) is 11.7. The molecule has 4 nitrogen and oxygen atoms in total. The fraction of sp³-hybridized carbons (Fsp3) is 0.200. The molecule has 1 amide bonds. The average Bonchev–Trinajstić information content (AvgIpc) is 2.56. The van der Waals surface area contributed by atoms with Crippen LogP contribution in [0.1, 0.15) is 27.4 Å². The lowest BCUT2D eigenvalue weighted by Gasteiger charge is -2.02. The summed E-state index contributed by atoms with van der Waals surface area (Å²) in [5, 5.41) is 0.521. The lowest BCUT2D eigenvalue weighted by atomic mass is 10.1. The number of carbonyl (C=O) groups excluding carboxylic acids is 1. The number of thiophene rings is 1. The molecule has 2 heterocycles. The highest BCUT2D eigenvalue weighted by molar-refractivity contribution is 7.21. The molecule has 0 aromatic carbocycles. The van der Waals surface area contributed by atoms with Crippen LogP contribution in [0.2, 0.25) is 0 Å². The van der Waals surface area contributed by atoms with E-state index < -0.39 is 12.3 Å². The summed E-state index contributed by atoms with van der Waals surface area (Å²) < 4.78 is 25.1. The zero-order chi connectivity index (χ0) is 12.7. The molecule has 0 aliphatic carbocycles. The smallest absolute Gasteiger partial charge is 0.280 e. The number of primary amides is 1. The predicted molar refractivity (Wildman–Crippen MR) is 62.2 cm³/mol. The third kappa shape index (κ3) is 1.82. The van der Waals surface area contributed by atoms with Gasteiger partial charge < -0.3 is 11.5 Å². The van der Waals surface area contributed by atoms with Crippen molar-refractivity contribution < 1.29 is 13.6 Å². The van der Waals surface area contributed by atoms with Gasteiger partial charge in [0.1, 0.15) is 15.4 Å². The van der Waals surface area contributed by atoms with Gasteiger partial charge in [-0.15, -0.1) is 11.3 Å². The van der Waals surface area contributed by atoms with E-state index in [4.69, 9.17) is 11.5 Å². The highest BCUT2D eigenvalue weighted by Crippen LogP contribution is 2.35. The lowest BCUT2D eigenvalue weighted by Crippen LogP contribution is -2.10. The van der Waals surface area contributed by atoms with Gasteiger partial charge in [0, 0.05) is 5.39 Å². The molecule has 7 heteroatoms. The van der Waals surface area contributed by atoms with E-state index in [2.05, 4.69) is 4.98 Å². The molecule has 0 fully saturated rings. The van der Waals surface area contributed by atoms with Crippen molar-refractivity contribution in [3.05, 3.63) is 22.2 Å². The highest BCUT2D eigenvalue weighted by atomic mass is 32.1. The maximum atomic E-state index is 12.6. The van der Waals surface area contributed by atoms with Gasteiger partial charge in [-0.05, 0) is 18.6 Å². The van der Waals surface area contributed by atoms with Crippen LogP contribution < -0.4 is 11.5 Å². The number of nitrogen functional groups attached to an aromatic ring is 1. The molecule has 0 aliphatic rings. The third-order valence-electron chi connectivity index (χ3n) is 2.36. The minimum atomic E-state index is -2.65. The van der Waals surface area contributed by atoms with E-state index in [9.17, 15) is 13.6 Å². The summed E-state index contributed by atoms with van der Waals surface area (Å²) in [5.74, 6) is -0.677. The molecule has 4 N–H and O–H groups in total. The first-order valence-electron chi connectivity index (χ1n) is 4.69. The minimum absolute atomic E-state index is 0.155. The van der Waals surface area contributed by atoms with Gasteiger partial charge in [-0.1, -0.05) is 0 Å². The number of hydrogen-bond donors (Lipinski definition) is 2. The van der Waals surface area contributed by atoms with Crippen LogP contribution in [0.15, 0.2) is 6.07 Å². The molecular formula is C10H9F2N3OS. The van der Waals surface area contributed by atoms with E-state index in [-0.39, 0.29) is 16.3 Å². The van der Waals surface area contributed by atoms with E-state index in [1.54, 1.807) is 6.92 Å². The number of nitrogens with zero attached hydrogens (tertiary/aromatic N) is 1. The monoisotopic (exact) mass is 257 g/mol. The van der Waals surface area contributed by atoms with Crippen molar-refractivity contribution in [3.63, 3.8) is 0 Å². The van der Waals surface area contributed by atoms with Crippen molar-refractivity contribution in [1.82, 2.24) is 4.98 Å². The molecule has 0 saturated carbocycles. The lowest BCUT2D eigenvalue weighted by molar-refractivity contribution is 0.100. The number of fused-ring (bicyclic) bond motifs is 1. The maximum absolute atomic E-state index is 12.6. The number of nitrogens with two attached hydrogens (primary N) is 2. The molecule has 2 aromatic rings. The number of pyridine rings is 1. The normalized spacial score (nSPS) is 11.3. The number of halogens is 2. The van der Waals surface area contributed by atoms with Gasteiger partial charge >= 0.3 is 0 Å². The number of anilines is 1. The quantitative estimate of drug-likeness (QED) is 0.865. The summed E-state index contributed by atoms with van der Waals surface area (Å²) in [7, 11) is 0. The number of amides is 1. The van der Waals surface area contributed by atoms with Crippen LogP contribution >= 0.6 is 11.3 Å². The largest absolute Gasteiger partial charge is 0.397 e. The van der Waals surface area contributed by atoms with Crippen molar-refractivity contribution in [2.45, 2.75) is 13.3 Å². The van der Waals surface area contributed by atoms with E-state index in [1.807, 2.05) is 0 Å². The summed E-state index contributed by atoms with van der Waals surface area (Å²) in [4.78, 5) is 15.3. The second-order valence-electron chi connectivity index (χ2n) is 3.55. The van der Waals surface area contributed by atoms with E-state index in [1.165, 1.54) is 6.07 Å². The fourth-order valence-electron chi connectivity index (χ4n) is 1.63. The Labute approximate surface area is 99.2 Å². The number of rotatable bonds is 2. The number of aromatic nitrogens is 1. The zero-order valence-electron chi connectivity index (χ0n) is 8.83. The van der Waals surface area contributed by atoms with Gasteiger partial charge in [0.05, 0.1) is 5.69 Å². The molecule has 0 unspecified atom stereocenters.